The second-order valence-electron chi connectivity index (χ2n) is 7.22. The van der Waals surface area contributed by atoms with Gasteiger partial charge in [0.2, 0.25) is 5.91 Å². The van der Waals surface area contributed by atoms with Gasteiger partial charge in [-0.2, -0.15) is 0 Å². The van der Waals surface area contributed by atoms with Gasteiger partial charge in [-0.05, 0) is 52.2 Å². The van der Waals surface area contributed by atoms with Crippen LogP contribution in [0.25, 0.3) is 0 Å². The van der Waals surface area contributed by atoms with Crippen molar-refractivity contribution in [2.45, 2.75) is 44.6 Å². The zero-order valence-corrected chi connectivity index (χ0v) is 15.5. The molecule has 3 rings (SSSR count). The number of carbonyl (C=O) groups is 1. The third-order valence-corrected chi connectivity index (χ3v) is 5.95. The number of carbonyl (C=O) groups excluding carboxylic acids is 1. The molecule has 2 aliphatic heterocycles. The number of hydrogen-bond acceptors (Lipinski definition) is 3. The van der Waals surface area contributed by atoms with Gasteiger partial charge in [-0.1, -0.05) is 12.8 Å². The van der Waals surface area contributed by atoms with Crippen LogP contribution in [-0.4, -0.2) is 62.0 Å². The van der Waals surface area contributed by atoms with E-state index in [1.165, 1.54) is 19.3 Å². The molecular formula is C16H31Cl2N3O. The van der Waals surface area contributed by atoms with Crippen LogP contribution in [0.3, 0.4) is 0 Å². The smallest absolute Gasteiger partial charge is 0.230 e. The normalized spacial score (nSPS) is 32.1. The van der Waals surface area contributed by atoms with E-state index in [1.54, 1.807) is 0 Å². The molecule has 6 heteroatoms. The van der Waals surface area contributed by atoms with Crippen LogP contribution in [0.5, 0.6) is 0 Å². The Morgan fingerprint density at radius 2 is 1.82 bits per heavy atom. The molecule has 2 atom stereocenters. The minimum absolute atomic E-state index is 0. The maximum absolute atomic E-state index is 13.1. The minimum Gasteiger partial charge on any atom is -0.342 e. The van der Waals surface area contributed by atoms with Gasteiger partial charge >= 0.3 is 0 Å². The minimum atomic E-state index is -0.0524. The highest BCUT2D eigenvalue weighted by Gasteiger charge is 2.51. The quantitative estimate of drug-likeness (QED) is 0.827. The topological polar surface area (TPSA) is 35.6 Å². The van der Waals surface area contributed by atoms with Gasteiger partial charge < -0.3 is 15.1 Å². The third-order valence-electron chi connectivity index (χ3n) is 5.95. The van der Waals surface area contributed by atoms with E-state index < -0.39 is 0 Å². The summed E-state index contributed by atoms with van der Waals surface area (Å²) in [5.41, 5.74) is -0.0524. The van der Waals surface area contributed by atoms with E-state index in [2.05, 4.69) is 29.2 Å². The van der Waals surface area contributed by atoms with Crippen LogP contribution in [0, 0.1) is 11.3 Å². The Labute approximate surface area is 147 Å². The highest BCUT2D eigenvalue weighted by molar-refractivity contribution is 5.85. The molecule has 130 valence electrons. The molecule has 0 aromatic heterocycles. The Morgan fingerprint density at radius 3 is 2.45 bits per heavy atom. The molecule has 4 nitrogen and oxygen atoms in total. The SMILES string of the molecule is CN(C)C1CCN(C(=O)[C@@]23CCCC[C@H]2CNC3)CC1.Cl.Cl. The van der Waals surface area contributed by atoms with Crippen molar-refractivity contribution in [3.8, 4) is 0 Å². The summed E-state index contributed by atoms with van der Waals surface area (Å²) in [6.45, 7) is 3.89. The fourth-order valence-electron chi connectivity index (χ4n) is 4.57. The average Bonchev–Trinajstić information content (AvgIpc) is 2.91. The predicted molar refractivity (Wildman–Crippen MR) is 95.0 cm³/mol. The summed E-state index contributed by atoms with van der Waals surface area (Å²) < 4.78 is 0. The zero-order valence-electron chi connectivity index (χ0n) is 13.8. The van der Waals surface area contributed by atoms with Crippen LogP contribution in [0.4, 0.5) is 0 Å². The zero-order chi connectivity index (χ0) is 14.2. The second-order valence-corrected chi connectivity index (χ2v) is 7.22. The molecular weight excluding hydrogens is 321 g/mol. The van der Waals surface area contributed by atoms with E-state index in [0.29, 0.717) is 17.9 Å². The van der Waals surface area contributed by atoms with Crippen LogP contribution >= 0.6 is 24.8 Å². The van der Waals surface area contributed by atoms with Gasteiger partial charge in [0.1, 0.15) is 0 Å². The molecule has 3 aliphatic rings. The van der Waals surface area contributed by atoms with Crippen LogP contribution in [-0.2, 0) is 4.79 Å². The Balaban J connectivity index is 0.00000121. The van der Waals surface area contributed by atoms with Crippen molar-refractivity contribution >= 4 is 30.7 Å². The summed E-state index contributed by atoms with van der Waals surface area (Å²) in [5.74, 6) is 1.06. The summed E-state index contributed by atoms with van der Waals surface area (Å²) in [4.78, 5) is 17.6. The summed E-state index contributed by atoms with van der Waals surface area (Å²) in [5, 5.41) is 3.50. The van der Waals surface area contributed by atoms with Gasteiger partial charge in [-0.15, -0.1) is 24.8 Å². The summed E-state index contributed by atoms with van der Waals surface area (Å²) in [6, 6.07) is 0.653. The van der Waals surface area contributed by atoms with Gasteiger partial charge in [0, 0.05) is 25.7 Å². The molecule has 0 bridgehead atoms. The first-order chi connectivity index (χ1) is 9.63. The molecule has 1 aliphatic carbocycles. The highest BCUT2D eigenvalue weighted by Crippen LogP contribution is 2.45. The van der Waals surface area contributed by atoms with Crippen LogP contribution in [0.15, 0.2) is 0 Å². The molecule has 22 heavy (non-hydrogen) atoms. The Bertz CT molecular complexity index is 372. The number of nitrogens with one attached hydrogen (secondary N) is 1. The molecule has 1 saturated carbocycles. The number of nitrogens with zero attached hydrogens (tertiary/aromatic N) is 2. The molecule has 0 aromatic rings. The maximum Gasteiger partial charge on any atom is 0.230 e. The fourth-order valence-corrected chi connectivity index (χ4v) is 4.57. The van der Waals surface area contributed by atoms with Gasteiger partial charge in [0.15, 0.2) is 0 Å². The number of piperidine rings is 1. The molecule has 0 spiro atoms. The fraction of sp³-hybridized carbons (Fsp3) is 0.938. The van der Waals surface area contributed by atoms with Crippen molar-refractivity contribution in [1.82, 2.24) is 15.1 Å². The standard InChI is InChI=1S/C16H29N3O.2ClH/c1-18(2)14-6-9-19(10-7-14)15(20)16-8-4-3-5-13(16)11-17-12-16;;/h13-14,17H,3-12H2,1-2H3;2*1H/t13-,16+;;/m0../s1. The lowest BCUT2D eigenvalue weighted by molar-refractivity contribution is -0.147. The lowest BCUT2D eigenvalue weighted by Gasteiger charge is -2.43. The van der Waals surface area contributed by atoms with Gasteiger partial charge in [-0.25, -0.2) is 0 Å². The number of likely N-dealkylation sites (tertiary alicyclic amines) is 1. The first-order valence-corrected chi connectivity index (χ1v) is 8.30. The van der Waals surface area contributed by atoms with E-state index in [0.717, 1.165) is 45.4 Å². The van der Waals surface area contributed by atoms with E-state index in [-0.39, 0.29) is 30.2 Å². The molecule has 1 amide bonds. The molecule has 0 unspecified atom stereocenters. The Kier molecular flexibility index (Phi) is 7.44. The summed E-state index contributed by atoms with van der Waals surface area (Å²) in [7, 11) is 4.30. The van der Waals surface area contributed by atoms with Crippen LogP contribution < -0.4 is 5.32 Å². The number of halogens is 2. The van der Waals surface area contributed by atoms with E-state index in [1.807, 2.05) is 0 Å². The van der Waals surface area contributed by atoms with E-state index in [4.69, 9.17) is 0 Å². The van der Waals surface area contributed by atoms with E-state index >= 15 is 0 Å². The van der Waals surface area contributed by atoms with Crippen molar-refractivity contribution < 1.29 is 4.79 Å². The Hall–Kier alpha value is -0.0300. The summed E-state index contributed by atoms with van der Waals surface area (Å²) >= 11 is 0. The van der Waals surface area contributed by atoms with Crippen molar-refractivity contribution in [2.24, 2.45) is 11.3 Å². The number of amides is 1. The Morgan fingerprint density at radius 1 is 1.14 bits per heavy atom. The monoisotopic (exact) mass is 351 g/mol. The second kappa shape index (κ2) is 8.18. The number of fused-ring (bicyclic) bond motifs is 1. The van der Waals surface area contributed by atoms with Crippen LogP contribution in [0.2, 0.25) is 0 Å². The number of hydrogen-bond donors (Lipinski definition) is 1. The maximum atomic E-state index is 13.1. The van der Waals surface area contributed by atoms with E-state index in [9.17, 15) is 4.79 Å². The lowest BCUT2D eigenvalue weighted by Crippen LogP contribution is -2.53. The molecule has 0 aromatic carbocycles. The van der Waals surface area contributed by atoms with Gasteiger partial charge in [0.05, 0.1) is 5.41 Å². The molecule has 0 radical (unpaired) electrons. The van der Waals surface area contributed by atoms with Crippen molar-refractivity contribution in [1.29, 1.82) is 0 Å². The van der Waals surface area contributed by atoms with Crippen molar-refractivity contribution in [3.05, 3.63) is 0 Å². The van der Waals surface area contributed by atoms with Gasteiger partial charge in [0.25, 0.3) is 0 Å². The first-order valence-electron chi connectivity index (χ1n) is 8.30. The molecule has 3 fully saturated rings. The van der Waals surface area contributed by atoms with Crippen molar-refractivity contribution in [3.63, 3.8) is 0 Å². The number of rotatable bonds is 2. The summed E-state index contributed by atoms with van der Waals surface area (Å²) in [6.07, 6.45) is 7.16. The van der Waals surface area contributed by atoms with Gasteiger partial charge in [-0.3, -0.25) is 4.79 Å². The predicted octanol–water partition coefficient (Wildman–Crippen LogP) is 2.16. The van der Waals surface area contributed by atoms with Crippen molar-refractivity contribution in [2.75, 3.05) is 40.3 Å². The molecule has 2 saturated heterocycles. The molecule has 2 heterocycles. The molecule has 1 N–H and O–H groups in total. The first kappa shape index (κ1) is 20.0. The highest BCUT2D eigenvalue weighted by atomic mass is 35.5. The largest absolute Gasteiger partial charge is 0.342 e. The van der Waals surface area contributed by atoms with Crippen LogP contribution in [0.1, 0.15) is 38.5 Å². The average molecular weight is 352 g/mol. The third kappa shape index (κ3) is 3.55. The lowest BCUT2D eigenvalue weighted by atomic mass is 9.67.